The molecule has 1 saturated heterocycles. The normalized spacial score (nSPS) is 19.2. The quantitative estimate of drug-likeness (QED) is 0.456. The number of rotatable bonds is 2. The van der Waals surface area contributed by atoms with Crippen LogP contribution in [0.2, 0.25) is 0 Å². The molecule has 6 rings (SSSR count). The first kappa shape index (κ1) is 19.8. The highest BCUT2D eigenvalue weighted by molar-refractivity contribution is 5.72. The second-order valence-electron chi connectivity index (χ2n) is 9.14. The Bertz CT molecular complexity index is 1360. The van der Waals surface area contributed by atoms with Crippen molar-refractivity contribution >= 4 is 5.69 Å². The third kappa shape index (κ3) is 3.40. The highest BCUT2D eigenvalue weighted by Crippen LogP contribution is 2.35. The summed E-state index contributed by atoms with van der Waals surface area (Å²) >= 11 is 0. The monoisotopic (exact) mass is 435 g/mol. The van der Waals surface area contributed by atoms with E-state index in [-0.39, 0.29) is 0 Å². The van der Waals surface area contributed by atoms with Crippen LogP contribution < -0.4 is 10.2 Å². The van der Waals surface area contributed by atoms with Crippen LogP contribution in [-0.2, 0) is 6.54 Å². The number of nitriles is 1. The number of nitrogens with zero attached hydrogens (tertiary/aromatic N) is 6. The fourth-order valence-electron chi connectivity index (χ4n) is 5.16. The Morgan fingerprint density at radius 1 is 1.00 bits per heavy atom. The highest BCUT2D eigenvalue weighted by Gasteiger charge is 2.25. The molecule has 0 radical (unpaired) electrons. The Hall–Kier alpha value is -3.89. The van der Waals surface area contributed by atoms with Crippen molar-refractivity contribution < 1.29 is 0 Å². The molecule has 164 valence electrons. The van der Waals surface area contributed by atoms with Crippen LogP contribution in [0.5, 0.6) is 0 Å². The van der Waals surface area contributed by atoms with E-state index in [4.69, 9.17) is 5.26 Å². The van der Waals surface area contributed by atoms with Gasteiger partial charge in [-0.05, 0) is 61.4 Å². The number of hydrogen-bond acceptors (Lipinski definition) is 5. The lowest BCUT2D eigenvalue weighted by Gasteiger charge is -2.38. The van der Waals surface area contributed by atoms with Crippen LogP contribution in [0, 0.1) is 11.3 Å². The van der Waals surface area contributed by atoms with Gasteiger partial charge in [0, 0.05) is 49.2 Å². The summed E-state index contributed by atoms with van der Waals surface area (Å²) in [5.74, 6) is 0.839. The van der Waals surface area contributed by atoms with E-state index in [2.05, 4.69) is 79.9 Å². The zero-order chi connectivity index (χ0) is 22.5. The van der Waals surface area contributed by atoms with E-state index in [1.54, 1.807) is 6.33 Å². The van der Waals surface area contributed by atoms with E-state index in [1.165, 1.54) is 11.3 Å². The van der Waals surface area contributed by atoms with Crippen molar-refractivity contribution in [1.82, 2.24) is 24.6 Å². The third-order valence-electron chi connectivity index (χ3n) is 6.61. The number of aromatic nitrogens is 4. The standard InChI is InChI=1S/C26H25N7/c1-17-12-31(13-18(2)29-17)23-7-8-24-22(9-23)15-32-14-21(20-5-3-19(11-27)4-6-20)10-25(32)26-30-28-16-33(24)26/h3-10,14,16-18,29H,12-13,15H2,1-2H3. The van der Waals surface area contributed by atoms with E-state index in [9.17, 15) is 0 Å². The van der Waals surface area contributed by atoms with Crippen LogP contribution in [0.25, 0.3) is 28.3 Å². The number of benzene rings is 2. The lowest BCUT2D eigenvalue weighted by Crippen LogP contribution is -2.54. The van der Waals surface area contributed by atoms with Gasteiger partial charge in [-0.2, -0.15) is 5.26 Å². The van der Waals surface area contributed by atoms with Gasteiger partial charge in [0.1, 0.15) is 6.33 Å². The van der Waals surface area contributed by atoms with Gasteiger partial charge in [0.25, 0.3) is 0 Å². The van der Waals surface area contributed by atoms with Crippen molar-refractivity contribution in [2.45, 2.75) is 32.5 Å². The zero-order valence-electron chi connectivity index (χ0n) is 18.7. The van der Waals surface area contributed by atoms with Gasteiger partial charge in [-0.3, -0.25) is 4.57 Å². The topological polar surface area (TPSA) is 74.7 Å². The molecule has 0 saturated carbocycles. The zero-order valence-corrected chi connectivity index (χ0v) is 18.7. The fourth-order valence-corrected chi connectivity index (χ4v) is 5.16. The van der Waals surface area contributed by atoms with Crippen molar-refractivity contribution in [2.24, 2.45) is 0 Å². The Labute approximate surface area is 192 Å². The van der Waals surface area contributed by atoms with Crippen LogP contribution in [-0.4, -0.2) is 44.5 Å². The van der Waals surface area contributed by atoms with Crippen molar-refractivity contribution in [3.8, 4) is 34.4 Å². The second kappa shape index (κ2) is 7.61. The number of nitrogens with one attached hydrogen (secondary N) is 1. The van der Waals surface area contributed by atoms with Gasteiger partial charge in [0.2, 0.25) is 0 Å². The maximum atomic E-state index is 9.11. The maximum Gasteiger partial charge on any atom is 0.185 e. The minimum atomic E-state index is 0.461. The summed E-state index contributed by atoms with van der Waals surface area (Å²) in [6, 6.07) is 19.7. The molecule has 2 unspecified atom stereocenters. The van der Waals surface area contributed by atoms with E-state index in [1.807, 2.05) is 24.3 Å². The van der Waals surface area contributed by atoms with Crippen LogP contribution in [0.1, 0.15) is 25.0 Å². The summed E-state index contributed by atoms with van der Waals surface area (Å²) < 4.78 is 4.34. The van der Waals surface area contributed by atoms with Gasteiger partial charge < -0.3 is 14.8 Å². The molecule has 0 amide bonds. The van der Waals surface area contributed by atoms with Crippen LogP contribution in [0.3, 0.4) is 0 Å². The van der Waals surface area contributed by atoms with Gasteiger partial charge in [0.15, 0.2) is 5.82 Å². The minimum absolute atomic E-state index is 0.461. The lowest BCUT2D eigenvalue weighted by molar-refractivity contribution is 0.407. The van der Waals surface area contributed by atoms with E-state index >= 15 is 0 Å². The molecule has 2 aliphatic heterocycles. The van der Waals surface area contributed by atoms with Gasteiger partial charge in [-0.25, -0.2) is 0 Å². The predicted octanol–water partition coefficient (Wildman–Crippen LogP) is 3.82. The molecule has 2 aromatic carbocycles. The number of fused-ring (bicyclic) bond motifs is 5. The van der Waals surface area contributed by atoms with Crippen molar-refractivity contribution in [2.75, 3.05) is 18.0 Å². The van der Waals surface area contributed by atoms with Gasteiger partial charge in [-0.15, -0.1) is 10.2 Å². The van der Waals surface area contributed by atoms with Crippen molar-refractivity contribution in [1.29, 1.82) is 5.26 Å². The molecule has 7 heteroatoms. The van der Waals surface area contributed by atoms with E-state index in [0.717, 1.165) is 48.0 Å². The first-order valence-electron chi connectivity index (χ1n) is 11.3. The first-order chi connectivity index (χ1) is 16.1. The van der Waals surface area contributed by atoms with Crippen molar-refractivity contribution in [3.63, 3.8) is 0 Å². The first-order valence-corrected chi connectivity index (χ1v) is 11.3. The average Bonchev–Trinajstić information content (AvgIpc) is 3.43. The predicted molar refractivity (Wildman–Crippen MR) is 128 cm³/mol. The molecule has 0 bridgehead atoms. The Balaban J connectivity index is 1.42. The summed E-state index contributed by atoms with van der Waals surface area (Å²) in [7, 11) is 0. The SMILES string of the molecule is CC1CN(c2ccc3c(c2)Cn2cc(-c4ccc(C#N)cc4)cc2-c2nncn2-3)CC(C)N1. The molecule has 0 aliphatic carbocycles. The minimum Gasteiger partial charge on any atom is -0.368 e. The van der Waals surface area contributed by atoms with Crippen molar-refractivity contribution in [3.05, 3.63) is 72.2 Å². The third-order valence-corrected chi connectivity index (χ3v) is 6.61. The molecule has 4 aromatic rings. The van der Waals surface area contributed by atoms with Crippen LogP contribution >= 0.6 is 0 Å². The number of anilines is 1. The molecule has 2 aromatic heterocycles. The smallest absolute Gasteiger partial charge is 0.185 e. The summed E-state index contributed by atoms with van der Waals surface area (Å²) in [5, 5.41) is 21.4. The molecule has 4 heterocycles. The maximum absolute atomic E-state index is 9.11. The fraction of sp³-hybridized carbons (Fsp3) is 0.269. The molecule has 0 spiro atoms. The summed E-state index contributed by atoms with van der Waals surface area (Å²) in [6.45, 7) is 7.24. The Morgan fingerprint density at radius 3 is 2.55 bits per heavy atom. The molecule has 1 N–H and O–H groups in total. The molecule has 33 heavy (non-hydrogen) atoms. The molecule has 7 nitrogen and oxygen atoms in total. The molecular formula is C26H25N7. The van der Waals surface area contributed by atoms with Crippen LogP contribution in [0.15, 0.2) is 61.1 Å². The second-order valence-corrected chi connectivity index (χ2v) is 9.14. The van der Waals surface area contributed by atoms with Gasteiger partial charge >= 0.3 is 0 Å². The average molecular weight is 436 g/mol. The lowest BCUT2D eigenvalue weighted by atomic mass is 10.1. The summed E-state index contributed by atoms with van der Waals surface area (Å²) in [6.07, 6.45) is 3.97. The Morgan fingerprint density at radius 2 is 1.79 bits per heavy atom. The van der Waals surface area contributed by atoms with Gasteiger partial charge in [0.05, 0.1) is 23.0 Å². The highest BCUT2D eigenvalue weighted by atomic mass is 15.3. The van der Waals surface area contributed by atoms with E-state index in [0.29, 0.717) is 17.6 Å². The summed E-state index contributed by atoms with van der Waals surface area (Å²) in [5.41, 5.74) is 7.51. The largest absolute Gasteiger partial charge is 0.368 e. The van der Waals surface area contributed by atoms with Gasteiger partial charge in [-0.1, -0.05) is 12.1 Å². The molecule has 1 fully saturated rings. The Kier molecular flexibility index (Phi) is 4.56. The van der Waals surface area contributed by atoms with Crippen LogP contribution in [0.4, 0.5) is 5.69 Å². The summed E-state index contributed by atoms with van der Waals surface area (Å²) in [4.78, 5) is 2.48. The molecule has 2 atom stereocenters. The molecular weight excluding hydrogens is 410 g/mol. The number of piperazine rings is 1. The van der Waals surface area contributed by atoms with E-state index < -0.39 is 0 Å². The number of hydrogen-bond donors (Lipinski definition) is 1. The molecule has 2 aliphatic rings.